The molecule has 0 aliphatic carbocycles. The Kier molecular flexibility index (Phi) is 2.14. The van der Waals surface area contributed by atoms with Gasteiger partial charge in [-0.1, -0.05) is 6.07 Å². The molecule has 84 valence electrons. The number of carbonyl (C=O) groups is 1. The quantitative estimate of drug-likeness (QED) is 0.705. The molecule has 2 aromatic rings. The summed E-state index contributed by atoms with van der Waals surface area (Å²) in [5.41, 5.74) is 2.55. The molecule has 0 radical (unpaired) electrons. The van der Waals surface area contributed by atoms with Gasteiger partial charge in [0.2, 0.25) is 0 Å². The lowest BCUT2D eigenvalue weighted by molar-refractivity contribution is 0.0535. The fourth-order valence-electron chi connectivity index (χ4n) is 1.91. The van der Waals surface area contributed by atoms with E-state index in [2.05, 4.69) is 4.98 Å². The highest BCUT2D eigenvalue weighted by atomic mass is 19.1. The second kappa shape index (κ2) is 3.66. The number of pyridine rings is 1. The number of halogens is 1. The second-order valence-electron chi connectivity index (χ2n) is 3.80. The number of hydrogen-bond acceptors (Lipinski definition) is 3. The molecule has 1 aromatic carbocycles. The molecule has 1 aliphatic rings. The Bertz CT molecular complexity index is 610. The van der Waals surface area contributed by atoms with Gasteiger partial charge < -0.3 is 4.74 Å². The van der Waals surface area contributed by atoms with E-state index in [4.69, 9.17) is 4.74 Å². The normalized spacial score (nSPS) is 13.4. The van der Waals surface area contributed by atoms with Crippen molar-refractivity contribution in [2.75, 3.05) is 0 Å². The molecule has 4 heteroatoms. The van der Waals surface area contributed by atoms with Gasteiger partial charge in [0.15, 0.2) is 0 Å². The molecule has 17 heavy (non-hydrogen) atoms. The topological polar surface area (TPSA) is 39.2 Å². The highest BCUT2D eigenvalue weighted by molar-refractivity contribution is 5.94. The fourth-order valence-corrected chi connectivity index (χ4v) is 1.91. The van der Waals surface area contributed by atoms with Crippen LogP contribution in [0.25, 0.3) is 11.1 Å². The van der Waals surface area contributed by atoms with Gasteiger partial charge in [0.1, 0.15) is 12.4 Å². The van der Waals surface area contributed by atoms with Crippen molar-refractivity contribution in [3.8, 4) is 11.1 Å². The SMILES string of the molecule is O=C1OCc2cc(-c3ccncc3F)ccc21. The number of aromatic nitrogens is 1. The average Bonchev–Trinajstić information content (AvgIpc) is 2.71. The third kappa shape index (κ3) is 1.58. The van der Waals surface area contributed by atoms with Crippen LogP contribution in [-0.2, 0) is 11.3 Å². The van der Waals surface area contributed by atoms with Crippen LogP contribution >= 0.6 is 0 Å². The standard InChI is InChI=1S/C13H8FNO2/c14-12-6-15-4-3-10(12)8-1-2-11-9(5-8)7-17-13(11)16/h1-6H,7H2. The van der Waals surface area contributed by atoms with Crippen molar-refractivity contribution in [3.05, 3.63) is 53.6 Å². The van der Waals surface area contributed by atoms with E-state index in [1.807, 2.05) is 0 Å². The monoisotopic (exact) mass is 229 g/mol. The van der Waals surface area contributed by atoms with E-state index < -0.39 is 0 Å². The number of nitrogens with zero attached hydrogens (tertiary/aromatic N) is 1. The maximum atomic E-state index is 13.5. The van der Waals surface area contributed by atoms with Crippen molar-refractivity contribution in [2.45, 2.75) is 6.61 Å². The van der Waals surface area contributed by atoms with Crippen LogP contribution in [0.15, 0.2) is 36.7 Å². The largest absolute Gasteiger partial charge is 0.457 e. The Morgan fingerprint density at radius 2 is 2.12 bits per heavy atom. The molecule has 0 fully saturated rings. The maximum absolute atomic E-state index is 13.5. The predicted molar refractivity (Wildman–Crippen MR) is 58.8 cm³/mol. The van der Waals surface area contributed by atoms with E-state index in [1.165, 1.54) is 12.4 Å². The van der Waals surface area contributed by atoms with Crippen LogP contribution in [0.2, 0.25) is 0 Å². The van der Waals surface area contributed by atoms with Gasteiger partial charge in [-0.2, -0.15) is 0 Å². The summed E-state index contributed by atoms with van der Waals surface area (Å²) >= 11 is 0. The molecule has 1 aromatic heterocycles. The zero-order valence-electron chi connectivity index (χ0n) is 8.81. The Hall–Kier alpha value is -2.23. The summed E-state index contributed by atoms with van der Waals surface area (Å²) in [5, 5.41) is 0. The predicted octanol–water partition coefficient (Wildman–Crippen LogP) is 2.56. The molecule has 0 saturated heterocycles. The highest BCUT2D eigenvalue weighted by Gasteiger charge is 2.21. The first-order valence-electron chi connectivity index (χ1n) is 5.15. The molecule has 0 bridgehead atoms. The third-order valence-electron chi connectivity index (χ3n) is 2.77. The summed E-state index contributed by atoms with van der Waals surface area (Å²) in [5.74, 6) is -0.695. The van der Waals surface area contributed by atoms with Crippen LogP contribution < -0.4 is 0 Å². The molecule has 0 amide bonds. The van der Waals surface area contributed by atoms with Gasteiger partial charge in [0.25, 0.3) is 0 Å². The van der Waals surface area contributed by atoms with Crippen molar-refractivity contribution < 1.29 is 13.9 Å². The van der Waals surface area contributed by atoms with Crippen molar-refractivity contribution in [2.24, 2.45) is 0 Å². The molecular weight excluding hydrogens is 221 g/mol. The Labute approximate surface area is 96.9 Å². The highest BCUT2D eigenvalue weighted by Crippen LogP contribution is 2.27. The van der Waals surface area contributed by atoms with Crippen molar-refractivity contribution in [3.63, 3.8) is 0 Å². The minimum Gasteiger partial charge on any atom is -0.457 e. The second-order valence-corrected chi connectivity index (χ2v) is 3.80. The van der Waals surface area contributed by atoms with Crippen LogP contribution in [0.1, 0.15) is 15.9 Å². The van der Waals surface area contributed by atoms with Crippen LogP contribution in [0.5, 0.6) is 0 Å². The fraction of sp³-hybridized carbons (Fsp3) is 0.0769. The molecule has 2 heterocycles. The Morgan fingerprint density at radius 1 is 1.24 bits per heavy atom. The first kappa shape index (κ1) is 9.96. The lowest BCUT2D eigenvalue weighted by Crippen LogP contribution is -1.93. The minimum absolute atomic E-state index is 0.259. The summed E-state index contributed by atoms with van der Waals surface area (Å²) < 4.78 is 18.4. The first-order valence-corrected chi connectivity index (χ1v) is 5.15. The summed E-state index contributed by atoms with van der Waals surface area (Å²) in [6.45, 7) is 0.259. The van der Waals surface area contributed by atoms with Gasteiger partial charge in [-0.3, -0.25) is 4.98 Å². The molecular formula is C13H8FNO2. The first-order chi connectivity index (χ1) is 8.25. The van der Waals surface area contributed by atoms with Gasteiger partial charge in [-0.15, -0.1) is 0 Å². The number of hydrogen-bond donors (Lipinski definition) is 0. The lowest BCUT2D eigenvalue weighted by atomic mass is 10.0. The molecule has 3 nitrogen and oxygen atoms in total. The third-order valence-corrected chi connectivity index (χ3v) is 2.77. The van der Waals surface area contributed by atoms with E-state index in [0.29, 0.717) is 11.1 Å². The van der Waals surface area contributed by atoms with Gasteiger partial charge in [-0.05, 0) is 23.8 Å². The van der Waals surface area contributed by atoms with E-state index in [1.54, 1.807) is 24.3 Å². The van der Waals surface area contributed by atoms with Crippen molar-refractivity contribution >= 4 is 5.97 Å². The van der Waals surface area contributed by atoms with Crippen molar-refractivity contribution in [1.29, 1.82) is 0 Å². The summed E-state index contributed by atoms with van der Waals surface area (Å²) in [6.07, 6.45) is 2.71. The average molecular weight is 229 g/mol. The molecule has 0 unspecified atom stereocenters. The summed E-state index contributed by atoms with van der Waals surface area (Å²) in [7, 11) is 0. The number of ether oxygens (including phenoxy) is 1. The van der Waals surface area contributed by atoms with Crippen LogP contribution in [0.4, 0.5) is 4.39 Å². The smallest absolute Gasteiger partial charge is 0.338 e. The summed E-state index contributed by atoms with van der Waals surface area (Å²) in [6, 6.07) is 6.76. The van der Waals surface area contributed by atoms with Crippen molar-refractivity contribution in [1.82, 2.24) is 4.98 Å². The Morgan fingerprint density at radius 3 is 2.94 bits per heavy atom. The minimum atomic E-state index is -0.377. The number of benzene rings is 1. The van der Waals surface area contributed by atoms with Gasteiger partial charge >= 0.3 is 5.97 Å². The number of carbonyl (C=O) groups excluding carboxylic acids is 1. The van der Waals surface area contributed by atoms with E-state index in [-0.39, 0.29) is 18.4 Å². The molecule has 0 N–H and O–H groups in total. The Balaban J connectivity index is 2.12. The van der Waals surface area contributed by atoms with E-state index in [0.717, 1.165) is 11.1 Å². The van der Waals surface area contributed by atoms with Crippen LogP contribution in [-0.4, -0.2) is 11.0 Å². The summed E-state index contributed by atoms with van der Waals surface area (Å²) in [4.78, 5) is 15.0. The van der Waals surface area contributed by atoms with Gasteiger partial charge in [0, 0.05) is 17.3 Å². The van der Waals surface area contributed by atoms with E-state index in [9.17, 15) is 9.18 Å². The number of rotatable bonds is 1. The lowest BCUT2D eigenvalue weighted by Gasteiger charge is -2.03. The number of esters is 1. The molecule has 0 spiro atoms. The zero-order chi connectivity index (χ0) is 11.8. The number of cyclic esters (lactones) is 1. The molecule has 0 atom stereocenters. The van der Waals surface area contributed by atoms with Gasteiger partial charge in [0.05, 0.1) is 11.8 Å². The van der Waals surface area contributed by atoms with Gasteiger partial charge in [-0.25, -0.2) is 9.18 Å². The zero-order valence-corrected chi connectivity index (χ0v) is 8.81. The van der Waals surface area contributed by atoms with E-state index >= 15 is 0 Å². The maximum Gasteiger partial charge on any atom is 0.338 e. The molecule has 0 saturated carbocycles. The molecule has 3 rings (SSSR count). The number of fused-ring (bicyclic) bond motifs is 1. The molecule has 1 aliphatic heterocycles. The van der Waals surface area contributed by atoms with Crippen LogP contribution in [0, 0.1) is 5.82 Å². The van der Waals surface area contributed by atoms with Crippen LogP contribution in [0.3, 0.4) is 0 Å².